The highest BCUT2D eigenvalue weighted by molar-refractivity contribution is 5.35. The maximum absolute atomic E-state index is 10.3. The van der Waals surface area contributed by atoms with Crippen molar-refractivity contribution in [3.63, 3.8) is 0 Å². The first-order valence-corrected chi connectivity index (χ1v) is 6.61. The predicted octanol–water partition coefficient (Wildman–Crippen LogP) is 3.03. The molecule has 1 N–H and O–H groups in total. The van der Waals surface area contributed by atoms with Gasteiger partial charge in [-0.15, -0.1) is 0 Å². The molecule has 3 atom stereocenters. The molecule has 2 heteroatoms. The third kappa shape index (κ3) is 2.81. The summed E-state index contributed by atoms with van der Waals surface area (Å²) in [7, 11) is 0. The summed E-state index contributed by atoms with van der Waals surface area (Å²) in [5.41, 5.74) is 1.23. The summed E-state index contributed by atoms with van der Waals surface area (Å²) in [5, 5.41) is 10.3. The maximum Gasteiger partial charge on any atom is 0.122 e. The minimum Gasteiger partial charge on any atom is -0.493 e. The van der Waals surface area contributed by atoms with Gasteiger partial charge in [-0.3, -0.25) is 0 Å². The van der Waals surface area contributed by atoms with Gasteiger partial charge in [-0.25, -0.2) is 0 Å². The molecule has 3 unspecified atom stereocenters. The van der Waals surface area contributed by atoms with Gasteiger partial charge < -0.3 is 9.84 Å². The molecular weight excluding hydrogens is 212 g/mol. The summed E-state index contributed by atoms with van der Waals surface area (Å²) in [5.74, 6) is 1.59. The van der Waals surface area contributed by atoms with Crippen molar-refractivity contribution in [2.75, 3.05) is 6.61 Å². The fraction of sp³-hybridized carbons (Fsp3) is 0.600. The molecule has 1 aromatic carbocycles. The van der Waals surface area contributed by atoms with Crippen LogP contribution < -0.4 is 4.74 Å². The SMILES string of the molecule is CCCC(C)C(O)C1COc2ccccc2C1. The van der Waals surface area contributed by atoms with E-state index >= 15 is 0 Å². The van der Waals surface area contributed by atoms with Gasteiger partial charge in [-0.05, 0) is 30.4 Å². The van der Waals surface area contributed by atoms with E-state index in [0.717, 1.165) is 25.0 Å². The number of aliphatic hydroxyl groups is 1. The first-order valence-electron chi connectivity index (χ1n) is 6.61. The third-order valence-corrected chi connectivity index (χ3v) is 3.72. The molecule has 2 rings (SSSR count). The first kappa shape index (κ1) is 12.4. The molecule has 1 aliphatic rings. The Bertz CT molecular complexity index is 362. The Morgan fingerprint density at radius 1 is 1.41 bits per heavy atom. The van der Waals surface area contributed by atoms with E-state index < -0.39 is 0 Å². The fourth-order valence-electron chi connectivity index (χ4n) is 2.66. The number of para-hydroxylation sites is 1. The summed E-state index contributed by atoms with van der Waals surface area (Å²) < 4.78 is 5.73. The molecule has 0 radical (unpaired) electrons. The van der Waals surface area contributed by atoms with Crippen molar-refractivity contribution in [1.82, 2.24) is 0 Å². The lowest BCUT2D eigenvalue weighted by atomic mass is 9.84. The second-order valence-corrected chi connectivity index (χ2v) is 5.14. The number of fused-ring (bicyclic) bond motifs is 1. The van der Waals surface area contributed by atoms with Gasteiger partial charge in [0.05, 0.1) is 12.7 Å². The van der Waals surface area contributed by atoms with Crippen LogP contribution in [0.2, 0.25) is 0 Å². The van der Waals surface area contributed by atoms with Crippen LogP contribution in [0.15, 0.2) is 24.3 Å². The Hall–Kier alpha value is -1.02. The second-order valence-electron chi connectivity index (χ2n) is 5.14. The smallest absolute Gasteiger partial charge is 0.122 e. The molecule has 2 nitrogen and oxygen atoms in total. The number of hydrogen-bond acceptors (Lipinski definition) is 2. The fourth-order valence-corrected chi connectivity index (χ4v) is 2.66. The van der Waals surface area contributed by atoms with E-state index in [1.165, 1.54) is 5.56 Å². The highest BCUT2D eigenvalue weighted by Gasteiger charge is 2.28. The molecule has 1 heterocycles. The van der Waals surface area contributed by atoms with E-state index in [1.807, 2.05) is 18.2 Å². The largest absolute Gasteiger partial charge is 0.493 e. The van der Waals surface area contributed by atoms with Gasteiger partial charge in [-0.1, -0.05) is 38.5 Å². The molecule has 1 aliphatic heterocycles. The van der Waals surface area contributed by atoms with E-state index in [9.17, 15) is 5.11 Å². The molecule has 17 heavy (non-hydrogen) atoms. The average molecular weight is 234 g/mol. The summed E-state index contributed by atoms with van der Waals surface area (Å²) in [6.07, 6.45) is 2.90. The van der Waals surface area contributed by atoms with E-state index in [2.05, 4.69) is 19.9 Å². The van der Waals surface area contributed by atoms with Crippen LogP contribution in [0.4, 0.5) is 0 Å². The minimum atomic E-state index is -0.247. The molecule has 0 aliphatic carbocycles. The van der Waals surface area contributed by atoms with Gasteiger partial charge in [0.25, 0.3) is 0 Å². The first-order chi connectivity index (χ1) is 8.22. The normalized spacial score (nSPS) is 22.4. The lowest BCUT2D eigenvalue weighted by molar-refractivity contribution is 0.0236. The molecule has 0 bridgehead atoms. The molecule has 0 aromatic heterocycles. The van der Waals surface area contributed by atoms with Crippen molar-refractivity contribution in [2.45, 2.75) is 39.2 Å². The second kappa shape index (κ2) is 5.54. The van der Waals surface area contributed by atoms with Crippen molar-refractivity contribution in [3.8, 4) is 5.75 Å². The van der Waals surface area contributed by atoms with Crippen LogP contribution in [-0.4, -0.2) is 17.8 Å². The van der Waals surface area contributed by atoms with E-state index in [-0.39, 0.29) is 12.0 Å². The van der Waals surface area contributed by atoms with Crippen LogP contribution in [0, 0.1) is 11.8 Å². The van der Waals surface area contributed by atoms with Gasteiger partial charge in [-0.2, -0.15) is 0 Å². The van der Waals surface area contributed by atoms with Crippen molar-refractivity contribution in [3.05, 3.63) is 29.8 Å². The summed E-state index contributed by atoms with van der Waals surface area (Å²) >= 11 is 0. The van der Waals surface area contributed by atoms with Crippen LogP contribution in [0.1, 0.15) is 32.3 Å². The Labute approximate surface area is 104 Å². The summed E-state index contributed by atoms with van der Waals surface area (Å²) in [4.78, 5) is 0. The van der Waals surface area contributed by atoms with Crippen molar-refractivity contribution in [2.24, 2.45) is 11.8 Å². The molecule has 0 amide bonds. The molecule has 0 saturated heterocycles. The monoisotopic (exact) mass is 234 g/mol. The van der Waals surface area contributed by atoms with Crippen LogP contribution in [-0.2, 0) is 6.42 Å². The van der Waals surface area contributed by atoms with E-state index in [4.69, 9.17) is 4.74 Å². The molecule has 0 saturated carbocycles. The van der Waals surface area contributed by atoms with Crippen LogP contribution >= 0.6 is 0 Å². The lowest BCUT2D eigenvalue weighted by Crippen LogP contribution is -2.35. The number of ether oxygens (including phenoxy) is 1. The van der Waals surface area contributed by atoms with Crippen LogP contribution in [0.3, 0.4) is 0 Å². The summed E-state index contributed by atoms with van der Waals surface area (Å²) in [6.45, 7) is 4.94. The zero-order valence-corrected chi connectivity index (χ0v) is 10.7. The number of benzene rings is 1. The van der Waals surface area contributed by atoms with Gasteiger partial charge >= 0.3 is 0 Å². The Kier molecular flexibility index (Phi) is 4.06. The molecule has 0 fully saturated rings. The molecular formula is C15H22O2. The lowest BCUT2D eigenvalue weighted by Gasteiger charge is -2.31. The highest BCUT2D eigenvalue weighted by Crippen LogP contribution is 2.30. The number of aliphatic hydroxyl groups excluding tert-OH is 1. The van der Waals surface area contributed by atoms with Gasteiger partial charge in [0.1, 0.15) is 5.75 Å². The standard InChI is InChI=1S/C15H22O2/c1-3-6-11(2)15(16)13-9-12-7-4-5-8-14(12)17-10-13/h4-5,7-8,11,13,15-16H,3,6,9-10H2,1-2H3. The van der Waals surface area contributed by atoms with Crippen molar-refractivity contribution >= 4 is 0 Å². The molecule has 1 aromatic rings. The quantitative estimate of drug-likeness (QED) is 0.867. The molecule has 94 valence electrons. The molecule has 0 spiro atoms. The maximum atomic E-state index is 10.3. The van der Waals surface area contributed by atoms with Crippen molar-refractivity contribution in [1.29, 1.82) is 0 Å². The number of rotatable bonds is 4. The van der Waals surface area contributed by atoms with E-state index in [0.29, 0.717) is 12.5 Å². The van der Waals surface area contributed by atoms with Gasteiger partial charge in [0.15, 0.2) is 0 Å². The average Bonchev–Trinajstić information content (AvgIpc) is 2.37. The Balaban J connectivity index is 2.02. The van der Waals surface area contributed by atoms with Crippen LogP contribution in [0.5, 0.6) is 5.75 Å². The predicted molar refractivity (Wildman–Crippen MR) is 69.2 cm³/mol. The zero-order valence-electron chi connectivity index (χ0n) is 10.7. The minimum absolute atomic E-state index is 0.242. The topological polar surface area (TPSA) is 29.5 Å². The summed E-state index contributed by atoms with van der Waals surface area (Å²) in [6, 6.07) is 8.13. The highest BCUT2D eigenvalue weighted by atomic mass is 16.5. The Morgan fingerprint density at radius 2 is 2.18 bits per heavy atom. The zero-order chi connectivity index (χ0) is 12.3. The Morgan fingerprint density at radius 3 is 2.94 bits per heavy atom. The van der Waals surface area contributed by atoms with Crippen LogP contribution in [0.25, 0.3) is 0 Å². The number of hydrogen-bond donors (Lipinski definition) is 1. The van der Waals surface area contributed by atoms with E-state index in [1.54, 1.807) is 0 Å². The third-order valence-electron chi connectivity index (χ3n) is 3.72. The van der Waals surface area contributed by atoms with Crippen molar-refractivity contribution < 1.29 is 9.84 Å². The van der Waals surface area contributed by atoms with Gasteiger partial charge in [0, 0.05) is 5.92 Å². The van der Waals surface area contributed by atoms with Gasteiger partial charge in [0.2, 0.25) is 0 Å².